The van der Waals surface area contributed by atoms with Crippen molar-refractivity contribution in [2.75, 3.05) is 33.9 Å². The summed E-state index contributed by atoms with van der Waals surface area (Å²) in [4.78, 5) is 8.77. The standard InChI is InChI=1S/C9H17NO.C6H5F3N2O/c1-11-8-9-4-2-6-10(9)7-3-5-9;1-12-4-2-3-10-5(11-4)6(7,8)9/h2-8H2,1H3;2-3H,1H3. The van der Waals surface area contributed by atoms with Crippen LogP contribution in [0.2, 0.25) is 0 Å². The van der Waals surface area contributed by atoms with Gasteiger partial charge in [-0.1, -0.05) is 0 Å². The number of rotatable bonds is 3. The topological polar surface area (TPSA) is 47.5 Å². The van der Waals surface area contributed by atoms with E-state index in [0.29, 0.717) is 5.54 Å². The van der Waals surface area contributed by atoms with Crippen LogP contribution < -0.4 is 4.74 Å². The minimum absolute atomic E-state index is 0.0997. The number of hydrogen-bond donors (Lipinski definition) is 0. The third-order valence-corrected chi connectivity index (χ3v) is 4.32. The predicted octanol–water partition coefficient (Wildman–Crippen LogP) is 2.77. The fourth-order valence-electron chi connectivity index (χ4n) is 3.32. The van der Waals surface area contributed by atoms with Crippen LogP contribution in [0.25, 0.3) is 0 Å². The number of methoxy groups -OCH3 is 2. The first-order chi connectivity index (χ1) is 10.9. The molecule has 2 aliphatic heterocycles. The molecular formula is C15H22F3N3O2. The van der Waals surface area contributed by atoms with Crippen LogP contribution in [-0.2, 0) is 10.9 Å². The molecule has 0 N–H and O–H groups in total. The summed E-state index contributed by atoms with van der Waals surface area (Å²) in [6.07, 6.45) is 1.96. The highest BCUT2D eigenvalue weighted by atomic mass is 19.4. The molecule has 2 fully saturated rings. The van der Waals surface area contributed by atoms with Crippen LogP contribution in [0, 0.1) is 0 Å². The van der Waals surface area contributed by atoms with Gasteiger partial charge in [-0.05, 0) is 38.8 Å². The Balaban J connectivity index is 0.000000167. The summed E-state index contributed by atoms with van der Waals surface area (Å²) in [7, 11) is 3.06. The van der Waals surface area contributed by atoms with Gasteiger partial charge in [0.25, 0.3) is 0 Å². The van der Waals surface area contributed by atoms with Gasteiger partial charge in [-0.3, -0.25) is 4.90 Å². The zero-order chi connectivity index (χ0) is 16.9. The number of alkyl halides is 3. The second-order valence-corrected chi connectivity index (χ2v) is 5.77. The number of nitrogens with zero attached hydrogens (tertiary/aromatic N) is 3. The van der Waals surface area contributed by atoms with E-state index in [1.165, 1.54) is 51.9 Å². The summed E-state index contributed by atoms with van der Waals surface area (Å²) in [5.74, 6) is -1.29. The molecule has 0 aromatic carbocycles. The number of ether oxygens (including phenoxy) is 2. The zero-order valence-corrected chi connectivity index (χ0v) is 13.4. The predicted molar refractivity (Wildman–Crippen MR) is 78.2 cm³/mol. The van der Waals surface area contributed by atoms with Gasteiger partial charge in [0.05, 0.1) is 13.7 Å². The Morgan fingerprint density at radius 2 is 1.87 bits per heavy atom. The van der Waals surface area contributed by atoms with Crippen LogP contribution >= 0.6 is 0 Å². The average molecular weight is 333 g/mol. The molecule has 23 heavy (non-hydrogen) atoms. The van der Waals surface area contributed by atoms with Crippen LogP contribution in [0.5, 0.6) is 5.88 Å². The van der Waals surface area contributed by atoms with Gasteiger partial charge < -0.3 is 9.47 Å². The van der Waals surface area contributed by atoms with Crippen molar-refractivity contribution in [2.24, 2.45) is 0 Å². The minimum Gasteiger partial charge on any atom is -0.481 e. The van der Waals surface area contributed by atoms with E-state index in [9.17, 15) is 13.2 Å². The van der Waals surface area contributed by atoms with E-state index in [2.05, 4.69) is 19.6 Å². The molecule has 1 aromatic rings. The second kappa shape index (κ2) is 7.44. The first-order valence-electron chi connectivity index (χ1n) is 7.59. The lowest BCUT2D eigenvalue weighted by molar-refractivity contribution is -0.145. The van der Waals surface area contributed by atoms with E-state index in [1.54, 1.807) is 0 Å². The Hall–Kier alpha value is -1.41. The van der Waals surface area contributed by atoms with Crippen LogP contribution in [0.4, 0.5) is 13.2 Å². The lowest BCUT2D eigenvalue weighted by Gasteiger charge is -2.30. The van der Waals surface area contributed by atoms with Crippen LogP contribution in [0.15, 0.2) is 12.3 Å². The minimum atomic E-state index is -4.52. The van der Waals surface area contributed by atoms with Crippen molar-refractivity contribution in [3.8, 4) is 5.88 Å². The molecule has 0 aliphatic carbocycles. The smallest absolute Gasteiger partial charge is 0.451 e. The summed E-state index contributed by atoms with van der Waals surface area (Å²) in [5, 5.41) is 0. The van der Waals surface area contributed by atoms with Crippen LogP contribution in [-0.4, -0.2) is 54.3 Å². The van der Waals surface area contributed by atoms with Crippen LogP contribution in [0.3, 0.4) is 0 Å². The second-order valence-electron chi connectivity index (χ2n) is 5.77. The molecule has 0 amide bonds. The van der Waals surface area contributed by atoms with E-state index in [4.69, 9.17) is 4.74 Å². The monoisotopic (exact) mass is 333 g/mol. The lowest BCUT2D eigenvalue weighted by Crippen LogP contribution is -2.42. The molecular weight excluding hydrogens is 311 g/mol. The van der Waals surface area contributed by atoms with Crippen molar-refractivity contribution in [3.05, 3.63) is 18.1 Å². The zero-order valence-electron chi connectivity index (χ0n) is 13.4. The van der Waals surface area contributed by atoms with Gasteiger partial charge in [0, 0.05) is 24.9 Å². The molecule has 2 aliphatic rings. The van der Waals surface area contributed by atoms with Crippen molar-refractivity contribution in [3.63, 3.8) is 0 Å². The number of hydrogen-bond acceptors (Lipinski definition) is 5. The third-order valence-electron chi connectivity index (χ3n) is 4.32. The molecule has 0 bridgehead atoms. The van der Waals surface area contributed by atoms with E-state index in [0.717, 1.165) is 12.8 Å². The Bertz CT molecular complexity index is 501. The third kappa shape index (κ3) is 4.32. The van der Waals surface area contributed by atoms with Crippen molar-refractivity contribution in [1.29, 1.82) is 0 Å². The van der Waals surface area contributed by atoms with Gasteiger partial charge in [0.1, 0.15) is 0 Å². The molecule has 0 spiro atoms. The van der Waals surface area contributed by atoms with Gasteiger partial charge in [0.15, 0.2) is 0 Å². The highest BCUT2D eigenvalue weighted by molar-refractivity contribution is 5.09. The molecule has 0 unspecified atom stereocenters. The molecule has 3 rings (SSSR count). The Morgan fingerprint density at radius 3 is 2.39 bits per heavy atom. The normalized spacial score (nSPS) is 19.9. The molecule has 0 saturated carbocycles. The number of halogens is 3. The van der Waals surface area contributed by atoms with Gasteiger partial charge in [0.2, 0.25) is 11.7 Å². The summed E-state index contributed by atoms with van der Waals surface area (Å²) < 4.78 is 45.6. The largest absolute Gasteiger partial charge is 0.481 e. The Labute approximate surface area is 133 Å². The SMILES string of the molecule is COCC12CCCN1CCC2.COc1ccnc(C(F)(F)F)n1. The van der Waals surface area contributed by atoms with E-state index >= 15 is 0 Å². The molecule has 5 nitrogen and oxygen atoms in total. The van der Waals surface area contributed by atoms with E-state index in [1.807, 2.05) is 7.11 Å². The summed E-state index contributed by atoms with van der Waals surface area (Å²) in [6, 6.07) is 1.25. The van der Waals surface area contributed by atoms with Gasteiger partial charge >= 0.3 is 6.18 Å². The summed E-state index contributed by atoms with van der Waals surface area (Å²) >= 11 is 0. The molecule has 130 valence electrons. The summed E-state index contributed by atoms with van der Waals surface area (Å²) in [5.41, 5.74) is 0.467. The molecule has 3 heterocycles. The fraction of sp³-hybridized carbons (Fsp3) is 0.733. The van der Waals surface area contributed by atoms with Gasteiger partial charge in [-0.15, -0.1) is 0 Å². The molecule has 2 saturated heterocycles. The van der Waals surface area contributed by atoms with Gasteiger partial charge in [-0.25, -0.2) is 4.98 Å². The fourth-order valence-corrected chi connectivity index (χ4v) is 3.32. The summed E-state index contributed by atoms with van der Waals surface area (Å²) in [6.45, 7) is 3.57. The van der Waals surface area contributed by atoms with Gasteiger partial charge in [-0.2, -0.15) is 18.2 Å². The highest BCUT2D eigenvalue weighted by Gasteiger charge is 2.43. The Morgan fingerprint density at radius 1 is 1.22 bits per heavy atom. The maximum Gasteiger partial charge on any atom is 0.451 e. The van der Waals surface area contributed by atoms with Crippen molar-refractivity contribution >= 4 is 0 Å². The molecule has 0 atom stereocenters. The Kier molecular flexibility index (Phi) is 5.80. The highest BCUT2D eigenvalue weighted by Crippen LogP contribution is 2.38. The quantitative estimate of drug-likeness (QED) is 0.851. The first kappa shape index (κ1) is 17.9. The molecule has 0 radical (unpaired) electrons. The average Bonchev–Trinajstić information content (AvgIpc) is 3.07. The lowest BCUT2D eigenvalue weighted by atomic mass is 9.95. The van der Waals surface area contributed by atoms with Crippen molar-refractivity contribution in [1.82, 2.24) is 14.9 Å². The van der Waals surface area contributed by atoms with Crippen LogP contribution in [0.1, 0.15) is 31.5 Å². The maximum atomic E-state index is 11.9. The first-order valence-corrected chi connectivity index (χ1v) is 7.59. The molecule has 1 aromatic heterocycles. The van der Waals surface area contributed by atoms with E-state index in [-0.39, 0.29) is 5.88 Å². The molecule has 8 heteroatoms. The van der Waals surface area contributed by atoms with E-state index < -0.39 is 12.0 Å². The number of fused-ring (bicyclic) bond motifs is 1. The maximum absolute atomic E-state index is 11.9. The van der Waals surface area contributed by atoms with Crippen molar-refractivity contribution < 1.29 is 22.6 Å². The van der Waals surface area contributed by atoms with Crippen molar-refractivity contribution in [2.45, 2.75) is 37.4 Å². The number of aromatic nitrogens is 2.